The molecule has 7 heteroatoms. The molecule has 1 N–H and O–H groups in total. The summed E-state index contributed by atoms with van der Waals surface area (Å²) in [4.78, 5) is 0. The largest absolute Gasteiger partial charge is 0.392 e. The smallest absolute Gasteiger partial charge is 0.218 e. The minimum absolute atomic E-state index is 0.0477. The van der Waals surface area contributed by atoms with Gasteiger partial charge in [0.2, 0.25) is 10.0 Å². The molecular weight excluding hydrogens is 290 g/mol. The van der Waals surface area contributed by atoms with Crippen LogP contribution in [0.3, 0.4) is 0 Å². The lowest BCUT2D eigenvalue weighted by atomic mass is 10.2. The number of aliphatic hydroxyl groups excluding tert-OH is 1. The fourth-order valence-electron chi connectivity index (χ4n) is 1.97. The molecule has 0 aliphatic heterocycles. The molecule has 0 aliphatic carbocycles. The van der Waals surface area contributed by atoms with Crippen molar-refractivity contribution in [1.82, 2.24) is 14.1 Å². The van der Waals surface area contributed by atoms with E-state index in [2.05, 4.69) is 5.10 Å². The maximum Gasteiger partial charge on any atom is 0.218 e. The minimum atomic E-state index is -3.39. The number of sulfonamides is 1. The topological polar surface area (TPSA) is 75.4 Å². The number of nitrogens with zero attached hydrogens (tertiary/aromatic N) is 3. The Morgan fingerprint density at radius 1 is 1.19 bits per heavy atom. The van der Waals surface area contributed by atoms with Gasteiger partial charge in [0.15, 0.2) is 0 Å². The van der Waals surface area contributed by atoms with Gasteiger partial charge in [-0.05, 0) is 11.1 Å². The molecule has 0 atom stereocenters. The van der Waals surface area contributed by atoms with Gasteiger partial charge in [-0.2, -0.15) is 5.10 Å². The van der Waals surface area contributed by atoms with Crippen molar-refractivity contribution >= 4 is 10.0 Å². The summed E-state index contributed by atoms with van der Waals surface area (Å²) >= 11 is 0. The van der Waals surface area contributed by atoms with Crippen LogP contribution in [0.15, 0.2) is 36.7 Å². The van der Waals surface area contributed by atoms with Crippen molar-refractivity contribution in [2.75, 3.05) is 7.05 Å². The number of hydrogen-bond donors (Lipinski definition) is 1. The van der Waals surface area contributed by atoms with Crippen molar-refractivity contribution in [2.45, 2.75) is 18.9 Å². The summed E-state index contributed by atoms with van der Waals surface area (Å²) in [5.41, 5.74) is 2.31. The van der Waals surface area contributed by atoms with Crippen molar-refractivity contribution in [1.29, 1.82) is 0 Å². The summed E-state index contributed by atoms with van der Waals surface area (Å²) < 4.78 is 27.6. The first-order chi connectivity index (χ1) is 9.90. The molecule has 1 heterocycles. The van der Waals surface area contributed by atoms with Crippen LogP contribution >= 0.6 is 0 Å². The molecule has 2 rings (SSSR count). The van der Waals surface area contributed by atoms with Crippen LogP contribution in [0, 0.1) is 0 Å². The first kappa shape index (κ1) is 15.7. The van der Waals surface area contributed by atoms with Crippen LogP contribution in [0.1, 0.15) is 16.7 Å². The average molecular weight is 309 g/mol. The number of aryl methyl sites for hydroxylation is 1. The number of aliphatic hydroxyl groups is 1. The van der Waals surface area contributed by atoms with E-state index in [1.807, 2.05) is 0 Å². The van der Waals surface area contributed by atoms with Gasteiger partial charge in [0.1, 0.15) is 0 Å². The van der Waals surface area contributed by atoms with Gasteiger partial charge in [-0.3, -0.25) is 4.68 Å². The van der Waals surface area contributed by atoms with E-state index >= 15 is 0 Å². The molecule has 2 aromatic rings. The molecule has 0 saturated carbocycles. The maximum atomic E-state index is 12.3. The van der Waals surface area contributed by atoms with Crippen LogP contribution in [-0.4, -0.2) is 34.7 Å². The summed E-state index contributed by atoms with van der Waals surface area (Å²) in [6.45, 7) is 0.249. The number of aromatic nitrogens is 2. The number of hydrogen-bond acceptors (Lipinski definition) is 4. The highest BCUT2D eigenvalue weighted by molar-refractivity contribution is 7.88. The van der Waals surface area contributed by atoms with E-state index in [0.717, 1.165) is 11.1 Å². The molecule has 1 aromatic heterocycles. The van der Waals surface area contributed by atoms with Gasteiger partial charge in [-0.1, -0.05) is 24.3 Å². The molecule has 0 aliphatic rings. The summed E-state index contributed by atoms with van der Waals surface area (Å²) in [5.74, 6) is -0.0600. The van der Waals surface area contributed by atoms with Crippen LogP contribution in [0.5, 0.6) is 0 Å². The minimum Gasteiger partial charge on any atom is -0.392 e. The Bertz CT molecular complexity index is 693. The Morgan fingerprint density at radius 2 is 1.81 bits per heavy atom. The maximum absolute atomic E-state index is 12.3. The highest BCUT2D eigenvalue weighted by Crippen LogP contribution is 2.13. The van der Waals surface area contributed by atoms with E-state index in [1.165, 1.54) is 4.31 Å². The van der Waals surface area contributed by atoms with Crippen LogP contribution in [-0.2, 0) is 36.0 Å². The van der Waals surface area contributed by atoms with E-state index in [9.17, 15) is 8.42 Å². The van der Waals surface area contributed by atoms with E-state index in [-0.39, 0.29) is 12.4 Å². The Kier molecular flexibility index (Phi) is 4.76. The van der Waals surface area contributed by atoms with Crippen LogP contribution in [0.2, 0.25) is 0 Å². The molecule has 0 fully saturated rings. The van der Waals surface area contributed by atoms with Gasteiger partial charge in [-0.25, -0.2) is 12.7 Å². The fourth-order valence-corrected chi connectivity index (χ4v) is 3.15. The first-order valence-corrected chi connectivity index (χ1v) is 8.12. The molecule has 114 valence electrons. The number of benzene rings is 1. The molecule has 1 aromatic carbocycles. The zero-order valence-electron chi connectivity index (χ0n) is 12.1. The van der Waals surface area contributed by atoms with Crippen molar-refractivity contribution in [3.8, 4) is 0 Å². The molecule has 0 radical (unpaired) electrons. The molecule has 0 saturated heterocycles. The van der Waals surface area contributed by atoms with Gasteiger partial charge in [0.25, 0.3) is 0 Å². The molecular formula is C14H19N3O3S. The predicted octanol–water partition coefficient (Wildman–Crippen LogP) is 0.874. The van der Waals surface area contributed by atoms with Crippen LogP contribution in [0.4, 0.5) is 0 Å². The highest BCUT2D eigenvalue weighted by Gasteiger charge is 2.19. The average Bonchev–Trinajstić information content (AvgIpc) is 2.84. The van der Waals surface area contributed by atoms with E-state index in [1.54, 1.807) is 55.4 Å². The third kappa shape index (κ3) is 4.13. The van der Waals surface area contributed by atoms with E-state index in [0.29, 0.717) is 12.1 Å². The lowest BCUT2D eigenvalue weighted by Gasteiger charge is -2.16. The Labute approximate surface area is 124 Å². The fraction of sp³-hybridized carbons (Fsp3) is 0.357. The molecule has 0 amide bonds. The first-order valence-electron chi connectivity index (χ1n) is 6.51. The van der Waals surface area contributed by atoms with Crippen molar-refractivity contribution < 1.29 is 13.5 Å². The summed E-state index contributed by atoms with van der Waals surface area (Å²) in [7, 11) is -0.0357. The predicted molar refractivity (Wildman–Crippen MR) is 79.7 cm³/mol. The van der Waals surface area contributed by atoms with E-state index in [4.69, 9.17) is 5.11 Å². The normalized spacial score (nSPS) is 12.0. The van der Waals surface area contributed by atoms with Crippen molar-refractivity contribution in [3.05, 3.63) is 53.3 Å². The van der Waals surface area contributed by atoms with Crippen LogP contribution in [0.25, 0.3) is 0 Å². The summed E-state index contributed by atoms with van der Waals surface area (Å²) in [5, 5.41) is 13.0. The third-order valence-electron chi connectivity index (χ3n) is 3.19. The van der Waals surface area contributed by atoms with Gasteiger partial charge >= 0.3 is 0 Å². The SMILES string of the molecule is CN(Cc1cnn(C)c1)S(=O)(=O)Cc1ccc(CO)cc1. The van der Waals surface area contributed by atoms with E-state index < -0.39 is 10.0 Å². The molecule has 6 nitrogen and oxygen atoms in total. The molecule has 0 unspecified atom stereocenters. The Morgan fingerprint density at radius 3 is 2.33 bits per heavy atom. The van der Waals surface area contributed by atoms with Crippen molar-refractivity contribution in [3.63, 3.8) is 0 Å². The standard InChI is InChI=1S/C14H19N3O3S/c1-16-8-14(7-15-16)9-17(2)21(19,20)11-13-5-3-12(10-18)4-6-13/h3-8,18H,9-11H2,1-2H3. The second-order valence-electron chi connectivity index (χ2n) is 5.01. The number of rotatable bonds is 6. The van der Waals surface area contributed by atoms with Gasteiger partial charge < -0.3 is 5.11 Å². The molecule has 0 bridgehead atoms. The van der Waals surface area contributed by atoms with Gasteiger partial charge in [0.05, 0.1) is 18.6 Å². The molecule has 21 heavy (non-hydrogen) atoms. The second-order valence-corrected chi connectivity index (χ2v) is 7.08. The quantitative estimate of drug-likeness (QED) is 0.859. The lowest BCUT2D eigenvalue weighted by Crippen LogP contribution is -2.27. The monoisotopic (exact) mass is 309 g/mol. The highest BCUT2D eigenvalue weighted by atomic mass is 32.2. The van der Waals surface area contributed by atoms with Crippen LogP contribution < -0.4 is 0 Å². The Balaban J connectivity index is 2.05. The third-order valence-corrected chi connectivity index (χ3v) is 4.97. The second kappa shape index (κ2) is 6.38. The Hall–Kier alpha value is -1.70. The van der Waals surface area contributed by atoms with Crippen molar-refractivity contribution in [2.24, 2.45) is 7.05 Å². The lowest BCUT2D eigenvalue weighted by molar-refractivity contribution is 0.282. The molecule has 0 spiro atoms. The summed E-state index contributed by atoms with van der Waals surface area (Å²) in [6.07, 6.45) is 3.45. The van der Waals surface area contributed by atoms with Gasteiger partial charge in [-0.15, -0.1) is 0 Å². The summed E-state index contributed by atoms with van der Waals surface area (Å²) in [6, 6.07) is 6.90. The zero-order valence-corrected chi connectivity index (χ0v) is 12.9. The zero-order chi connectivity index (χ0) is 15.5. The van der Waals surface area contributed by atoms with Gasteiger partial charge in [0, 0.05) is 32.4 Å².